The zero-order valence-electron chi connectivity index (χ0n) is 19.8. The van der Waals surface area contributed by atoms with Gasteiger partial charge in [-0.15, -0.1) is 0 Å². The molecular weight excluding hydrogens is 461 g/mol. The van der Waals surface area contributed by atoms with Crippen LogP contribution in [0.4, 0.5) is 4.39 Å². The van der Waals surface area contributed by atoms with Gasteiger partial charge in [-0.05, 0) is 54.7 Å². The lowest BCUT2D eigenvalue weighted by atomic mass is 9.88. The number of amides is 1. The molecular formula is C27H28FN5O3. The van der Waals surface area contributed by atoms with Gasteiger partial charge in [0.2, 0.25) is 5.91 Å². The zero-order chi connectivity index (χ0) is 24.8. The molecule has 3 aromatic rings. The minimum Gasteiger partial charge on any atom is -0.396 e. The van der Waals surface area contributed by atoms with Gasteiger partial charge in [0.05, 0.1) is 24.3 Å². The first-order valence-corrected chi connectivity index (χ1v) is 12.4. The van der Waals surface area contributed by atoms with E-state index < -0.39 is 6.04 Å². The number of halogens is 1. The fourth-order valence-corrected chi connectivity index (χ4v) is 5.99. The Hall–Kier alpha value is -3.43. The predicted molar refractivity (Wildman–Crippen MR) is 130 cm³/mol. The van der Waals surface area contributed by atoms with Crippen LogP contribution in [0.2, 0.25) is 0 Å². The van der Waals surface area contributed by atoms with E-state index in [0.717, 1.165) is 25.1 Å². The predicted octanol–water partition coefficient (Wildman–Crippen LogP) is 2.13. The number of likely N-dealkylation sites (tertiary alicyclic amines) is 1. The standard InChI is InChI=1S/C27H28FN5O3/c28-18-3-1-2-17(10-18)20-6-7-23-24-21(13-32(23)27(20)36)22(14-34)25(33(24)12-16-4-5-16)26(35)30-11-19-8-9-29-15-31-19/h1-3,6-10,15-16,21-22,24-25,34H,4-5,11-14H2,(H,30,35)/t21-,22-,24+,25-/m0/s1. The molecule has 1 saturated carbocycles. The van der Waals surface area contributed by atoms with Crippen molar-refractivity contribution in [2.45, 2.75) is 38.0 Å². The number of nitrogens with one attached hydrogen (secondary N) is 1. The number of hydrogen-bond donors (Lipinski definition) is 2. The van der Waals surface area contributed by atoms with Crippen molar-refractivity contribution in [3.8, 4) is 11.1 Å². The van der Waals surface area contributed by atoms with Crippen LogP contribution in [0, 0.1) is 23.6 Å². The summed E-state index contributed by atoms with van der Waals surface area (Å²) >= 11 is 0. The van der Waals surface area contributed by atoms with Gasteiger partial charge in [0.1, 0.15) is 12.1 Å². The molecule has 0 radical (unpaired) electrons. The highest BCUT2D eigenvalue weighted by molar-refractivity contribution is 5.82. The van der Waals surface area contributed by atoms with E-state index in [0.29, 0.717) is 29.3 Å². The summed E-state index contributed by atoms with van der Waals surface area (Å²) in [5.41, 5.74) is 2.40. The van der Waals surface area contributed by atoms with Crippen LogP contribution in [0.15, 0.2) is 59.8 Å². The van der Waals surface area contributed by atoms with Crippen molar-refractivity contribution in [3.63, 3.8) is 0 Å². The van der Waals surface area contributed by atoms with Crippen molar-refractivity contribution in [2.75, 3.05) is 13.2 Å². The Bertz CT molecular complexity index is 1340. The largest absolute Gasteiger partial charge is 0.396 e. The Labute approximate surface area is 207 Å². The highest BCUT2D eigenvalue weighted by atomic mass is 19.1. The molecule has 186 valence electrons. The topological polar surface area (TPSA) is 100 Å². The van der Waals surface area contributed by atoms with E-state index in [4.69, 9.17) is 0 Å². The maximum absolute atomic E-state index is 13.8. The first-order valence-electron chi connectivity index (χ1n) is 12.4. The highest BCUT2D eigenvalue weighted by Gasteiger charge is 2.56. The van der Waals surface area contributed by atoms with Gasteiger partial charge < -0.3 is 15.0 Å². The first-order chi connectivity index (χ1) is 17.5. The number of carbonyl (C=O) groups is 1. The Kier molecular flexibility index (Phi) is 5.89. The number of fused-ring (bicyclic) bond motifs is 3. The number of hydrogen-bond acceptors (Lipinski definition) is 6. The summed E-state index contributed by atoms with van der Waals surface area (Å²) in [7, 11) is 0. The molecule has 2 aliphatic heterocycles. The minimum atomic E-state index is -0.487. The third-order valence-electron chi connectivity index (χ3n) is 7.85. The van der Waals surface area contributed by atoms with Gasteiger partial charge in [-0.3, -0.25) is 14.5 Å². The Morgan fingerprint density at radius 3 is 2.78 bits per heavy atom. The molecule has 0 spiro atoms. The maximum Gasteiger partial charge on any atom is 0.258 e. The van der Waals surface area contributed by atoms with Crippen LogP contribution in [-0.2, 0) is 17.9 Å². The van der Waals surface area contributed by atoms with Gasteiger partial charge >= 0.3 is 0 Å². The van der Waals surface area contributed by atoms with E-state index in [2.05, 4.69) is 20.2 Å². The van der Waals surface area contributed by atoms with Gasteiger partial charge in [0.15, 0.2) is 0 Å². The molecule has 0 unspecified atom stereocenters. The molecule has 36 heavy (non-hydrogen) atoms. The van der Waals surface area contributed by atoms with Gasteiger partial charge in [0, 0.05) is 49.0 Å². The number of aromatic nitrogens is 3. The lowest BCUT2D eigenvalue weighted by molar-refractivity contribution is -0.128. The summed E-state index contributed by atoms with van der Waals surface area (Å²) < 4.78 is 15.6. The van der Waals surface area contributed by atoms with Crippen LogP contribution >= 0.6 is 0 Å². The molecule has 1 amide bonds. The van der Waals surface area contributed by atoms with E-state index >= 15 is 0 Å². The average Bonchev–Trinajstić information content (AvgIpc) is 3.55. The molecule has 2 aromatic heterocycles. The zero-order valence-corrected chi connectivity index (χ0v) is 19.8. The highest BCUT2D eigenvalue weighted by Crippen LogP contribution is 2.50. The smallest absolute Gasteiger partial charge is 0.258 e. The molecule has 6 rings (SSSR count). The SMILES string of the molecule is O=C(NCc1ccncn1)[C@@H]1[C@@H](CO)[C@@H]2Cn3c(ccc(-c4cccc(F)c4)c3=O)[C@@H]2N1CC1CC1. The minimum absolute atomic E-state index is 0.0704. The Balaban J connectivity index is 1.33. The molecule has 1 saturated heterocycles. The number of benzene rings is 1. The number of aliphatic hydroxyl groups is 1. The molecule has 3 aliphatic rings. The second-order valence-electron chi connectivity index (χ2n) is 10.1. The van der Waals surface area contributed by atoms with Gasteiger partial charge in [-0.2, -0.15) is 0 Å². The summed E-state index contributed by atoms with van der Waals surface area (Å²) in [6.07, 6.45) is 5.33. The van der Waals surface area contributed by atoms with Crippen molar-refractivity contribution in [3.05, 3.63) is 82.5 Å². The van der Waals surface area contributed by atoms with Crippen LogP contribution in [0.1, 0.15) is 30.3 Å². The van der Waals surface area contributed by atoms with E-state index in [1.54, 1.807) is 35.0 Å². The molecule has 9 heteroatoms. The molecule has 2 fully saturated rings. The van der Waals surface area contributed by atoms with Crippen molar-refractivity contribution < 1.29 is 14.3 Å². The van der Waals surface area contributed by atoms with Gasteiger partial charge in [-0.25, -0.2) is 14.4 Å². The fraction of sp³-hybridized carbons (Fsp3) is 0.407. The number of aliphatic hydroxyl groups excluding tert-OH is 1. The van der Waals surface area contributed by atoms with Gasteiger partial charge in [-0.1, -0.05) is 12.1 Å². The summed E-state index contributed by atoms with van der Waals surface area (Å²) in [5.74, 6) is -0.378. The Morgan fingerprint density at radius 1 is 1.19 bits per heavy atom. The van der Waals surface area contributed by atoms with E-state index in [1.807, 2.05) is 6.07 Å². The van der Waals surface area contributed by atoms with Crippen molar-refractivity contribution in [1.29, 1.82) is 0 Å². The van der Waals surface area contributed by atoms with Crippen molar-refractivity contribution in [1.82, 2.24) is 24.8 Å². The molecule has 1 aromatic carbocycles. The number of nitrogens with zero attached hydrogens (tertiary/aromatic N) is 4. The fourth-order valence-electron chi connectivity index (χ4n) is 5.99. The van der Waals surface area contributed by atoms with E-state index in [9.17, 15) is 19.1 Å². The molecule has 2 N–H and O–H groups in total. The quantitative estimate of drug-likeness (QED) is 0.528. The second kappa shape index (κ2) is 9.22. The Morgan fingerprint density at radius 2 is 2.06 bits per heavy atom. The number of rotatable bonds is 7. The summed E-state index contributed by atoms with van der Waals surface area (Å²) in [4.78, 5) is 37.3. The molecule has 8 nitrogen and oxygen atoms in total. The lowest BCUT2D eigenvalue weighted by Crippen LogP contribution is -2.48. The van der Waals surface area contributed by atoms with Crippen LogP contribution in [0.3, 0.4) is 0 Å². The third kappa shape index (κ3) is 4.02. The number of carbonyl (C=O) groups excluding carboxylic acids is 1. The van der Waals surface area contributed by atoms with E-state index in [-0.39, 0.29) is 48.3 Å². The normalized spacial score (nSPS) is 24.9. The summed E-state index contributed by atoms with van der Waals surface area (Å²) in [6, 6.07) is 10.9. The average molecular weight is 490 g/mol. The summed E-state index contributed by atoms with van der Waals surface area (Å²) in [5, 5.41) is 13.4. The molecule has 4 atom stereocenters. The lowest BCUT2D eigenvalue weighted by Gasteiger charge is -2.31. The summed E-state index contributed by atoms with van der Waals surface area (Å²) in [6.45, 7) is 1.32. The van der Waals surface area contributed by atoms with E-state index in [1.165, 1.54) is 18.5 Å². The van der Waals surface area contributed by atoms with Crippen LogP contribution in [-0.4, -0.2) is 49.6 Å². The van der Waals surface area contributed by atoms with Gasteiger partial charge in [0.25, 0.3) is 5.56 Å². The number of pyridine rings is 1. The van der Waals surface area contributed by atoms with Crippen molar-refractivity contribution >= 4 is 5.91 Å². The maximum atomic E-state index is 13.8. The van der Waals surface area contributed by atoms with Crippen molar-refractivity contribution in [2.24, 2.45) is 17.8 Å². The first kappa shape index (κ1) is 23.0. The van der Waals surface area contributed by atoms with Crippen LogP contribution < -0.4 is 10.9 Å². The third-order valence-corrected chi connectivity index (χ3v) is 7.85. The van der Waals surface area contributed by atoms with Crippen LogP contribution in [0.5, 0.6) is 0 Å². The van der Waals surface area contributed by atoms with Crippen LogP contribution in [0.25, 0.3) is 11.1 Å². The molecule has 4 heterocycles. The monoisotopic (exact) mass is 489 g/mol. The molecule has 0 bridgehead atoms. The second-order valence-corrected chi connectivity index (χ2v) is 10.1. The molecule has 1 aliphatic carbocycles.